The molecule has 1 unspecified atom stereocenters. The first kappa shape index (κ1) is 33.0. The van der Waals surface area contributed by atoms with Crippen LogP contribution < -0.4 is 9.62 Å². The maximum absolute atomic E-state index is 14.1. The summed E-state index contributed by atoms with van der Waals surface area (Å²) in [6, 6.07) is 16.2. The van der Waals surface area contributed by atoms with E-state index in [-0.39, 0.29) is 39.5 Å². The maximum Gasteiger partial charge on any atom is 0.264 e. The molecule has 1 atom stereocenters. The molecule has 0 radical (unpaired) electrons. The molecule has 0 spiro atoms. The van der Waals surface area contributed by atoms with Gasteiger partial charge in [-0.05, 0) is 54.8 Å². The third-order valence-electron chi connectivity index (χ3n) is 6.38. The lowest BCUT2D eigenvalue weighted by molar-refractivity contribution is -0.140. The number of sulfonamides is 1. The molecular weight excluding hydrogens is 628 g/mol. The molecule has 220 valence electrons. The lowest BCUT2D eigenvalue weighted by atomic mass is 10.1. The Labute approximate surface area is 261 Å². The van der Waals surface area contributed by atoms with Gasteiger partial charge in [0.05, 0.1) is 20.6 Å². The highest BCUT2D eigenvalue weighted by Gasteiger charge is 2.34. The first-order valence-electron chi connectivity index (χ1n) is 13.0. The molecule has 0 bridgehead atoms. The Morgan fingerprint density at radius 2 is 1.61 bits per heavy atom. The Bertz CT molecular complexity index is 1470. The van der Waals surface area contributed by atoms with Crippen molar-refractivity contribution in [2.75, 3.05) is 17.4 Å². The van der Waals surface area contributed by atoms with Gasteiger partial charge in [0.25, 0.3) is 10.0 Å². The molecule has 3 rings (SSSR count). The van der Waals surface area contributed by atoms with Crippen LogP contribution in [0.2, 0.25) is 20.1 Å². The highest BCUT2D eigenvalue weighted by molar-refractivity contribution is 7.92. The number of benzene rings is 3. The standard InChI is InChI=1S/C29H31Cl4N3O4S/c1-3-5-16-34-29(38)25(4-2)35(18-20-14-15-21(30)17-24(20)32)27(37)19-36(26-13-9-12-23(31)28(26)33)41(39,40)22-10-7-6-8-11-22/h6-15,17,25H,3-5,16,18-19H2,1-2H3,(H,34,38). The quantitative estimate of drug-likeness (QED) is 0.197. The van der Waals surface area contributed by atoms with Crippen molar-refractivity contribution < 1.29 is 18.0 Å². The number of rotatable bonds is 13. The fourth-order valence-corrected chi connectivity index (χ4v) is 6.54. The second-order valence-electron chi connectivity index (χ2n) is 9.22. The molecule has 0 aliphatic heterocycles. The van der Waals surface area contributed by atoms with Crippen molar-refractivity contribution in [1.82, 2.24) is 10.2 Å². The van der Waals surface area contributed by atoms with E-state index < -0.39 is 28.5 Å². The van der Waals surface area contributed by atoms with Crippen LogP contribution in [0.5, 0.6) is 0 Å². The summed E-state index contributed by atoms with van der Waals surface area (Å²) in [5, 5.41) is 3.69. The van der Waals surface area contributed by atoms with Gasteiger partial charge in [-0.1, -0.05) is 97.0 Å². The van der Waals surface area contributed by atoms with Crippen LogP contribution in [0.15, 0.2) is 71.6 Å². The summed E-state index contributed by atoms with van der Waals surface area (Å²) < 4.78 is 28.7. The van der Waals surface area contributed by atoms with E-state index in [9.17, 15) is 18.0 Å². The normalized spacial score (nSPS) is 12.0. The summed E-state index contributed by atoms with van der Waals surface area (Å²) in [6.45, 7) is 3.52. The molecule has 0 heterocycles. The molecule has 0 fully saturated rings. The molecule has 0 saturated carbocycles. The van der Waals surface area contributed by atoms with Gasteiger partial charge in [0.15, 0.2) is 0 Å². The highest BCUT2D eigenvalue weighted by atomic mass is 35.5. The van der Waals surface area contributed by atoms with Crippen molar-refractivity contribution in [3.05, 3.63) is 92.4 Å². The number of amides is 2. The number of nitrogens with zero attached hydrogens (tertiary/aromatic N) is 2. The molecule has 7 nitrogen and oxygen atoms in total. The van der Waals surface area contributed by atoms with E-state index in [2.05, 4.69) is 5.32 Å². The van der Waals surface area contributed by atoms with Crippen molar-refractivity contribution in [3.8, 4) is 0 Å². The van der Waals surface area contributed by atoms with Gasteiger partial charge in [-0.2, -0.15) is 0 Å². The topological polar surface area (TPSA) is 86.8 Å². The van der Waals surface area contributed by atoms with Crippen molar-refractivity contribution in [2.45, 2.75) is 50.6 Å². The zero-order valence-electron chi connectivity index (χ0n) is 22.6. The number of nitrogens with one attached hydrogen (secondary N) is 1. The lowest BCUT2D eigenvalue weighted by Crippen LogP contribution is -2.52. The molecule has 0 aliphatic rings. The molecule has 1 N–H and O–H groups in total. The van der Waals surface area contributed by atoms with Crippen LogP contribution in [-0.2, 0) is 26.2 Å². The second kappa shape index (κ2) is 15.1. The molecule has 0 saturated heterocycles. The summed E-state index contributed by atoms with van der Waals surface area (Å²) in [5.41, 5.74) is 0.573. The van der Waals surface area contributed by atoms with Crippen LogP contribution >= 0.6 is 46.4 Å². The summed E-state index contributed by atoms with van der Waals surface area (Å²) in [5.74, 6) is -0.985. The Morgan fingerprint density at radius 1 is 0.902 bits per heavy atom. The van der Waals surface area contributed by atoms with Crippen LogP contribution in [-0.4, -0.2) is 44.3 Å². The Hall–Kier alpha value is -2.49. The Balaban J connectivity index is 2.09. The molecule has 2 amide bonds. The van der Waals surface area contributed by atoms with Crippen LogP contribution in [0.3, 0.4) is 0 Å². The number of unbranched alkanes of at least 4 members (excludes halogenated alkanes) is 1. The van der Waals surface area contributed by atoms with E-state index in [0.717, 1.165) is 17.1 Å². The van der Waals surface area contributed by atoms with Gasteiger partial charge in [0.1, 0.15) is 12.6 Å². The summed E-state index contributed by atoms with van der Waals surface area (Å²) >= 11 is 25.2. The highest BCUT2D eigenvalue weighted by Crippen LogP contribution is 2.35. The van der Waals surface area contributed by atoms with E-state index >= 15 is 0 Å². The van der Waals surface area contributed by atoms with Gasteiger partial charge in [0.2, 0.25) is 11.8 Å². The van der Waals surface area contributed by atoms with Crippen LogP contribution in [0, 0.1) is 0 Å². The molecule has 12 heteroatoms. The van der Waals surface area contributed by atoms with Crippen LogP contribution in [0.1, 0.15) is 38.7 Å². The SMILES string of the molecule is CCCCNC(=O)C(CC)N(Cc1ccc(Cl)cc1Cl)C(=O)CN(c1cccc(Cl)c1Cl)S(=O)(=O)c1ccccc1. The number of hydrogen-bond acceptors (Lipinski definition) is 4. The van der Waals surface area contributed by atoms with Crippen molar-refractivity contribution in [1.29, 1.82) is 0 Å². The van der Waals surface area contributed by atoms with Gasteiger partial charge in [-0.3, -0.25) is 13.9 Å². The maximum atomic E-state index is 14.1. The third-order valence-corrected chi connectivity index (χ3v) is 9.55. The van der Waals surface area contributed by atoms with Gasteiger partial charge in [0, 0.05) is 23.1 Å². The van der Waals surface area contributed by atoms with Crippen LogP contribution in [0.25, 0.3) is 0 Å². The van der Waals surface area contributed by atoms with Crippen molar-refractivity contribution in [3.63, 3.8) is 0 Å². The number of carbonyl (C=O) groups is 2. The van der Waals surface area contributed by atoms with Crippen LogP contribution in [0.4, 0.5) is 5.69 Å². The Kier molecular flexibility index (Phi) is 12.2. The number of hydrogen-bond donors (Lipinski definition) is 1. The average Bonchev–Trinajstić information content (AvgIpc) is 2.95. The minimum Gasteiger partial charge on any atom is -0.354 e. The van der Waals surface area contributed by atoms with Gasteiger partial charge < -0.3 is 10.2 Å². The minimum absolute atomic E-state index is 0.0290. The number of carbonyl (C=O) groups excluding carboxylic acids is 2. The van der Waals surface area contributed by atoms with E-state index in [0.29, 0.717) is 22.2 Å². The molecule has 3 aromatic carbocycles. The molecular formula is C29H31Cl4N3O4S. The summed E-state index contributed by atoms with van der Waals surface area (Å²) in [7, 11) is -4.28. The predicted molar refractivity (Wildman–Crippen MR) is 166 cm³/mol. The van der Waals surface area contributed by atoms with E-state index in [4.69, 9.17) is 46.4 Å². The largest absolute Gasteiger partial charge is 0.354 e. The molecule has 3 aromatic rings. The number of halogens is 4. The van der Waals surface area contributed by atoms with E-state index in [1.54, 1.807) is 49.4 Å². The second-order valence-corrected chi connectivity index (χ2v) is 12.7. The van der Waals surface area contributed by atoms with E-state index in [1.807, 2.05) is 6.92 Å². The number of anilines is 1. The fourth-order valence-electron chi connectivity index (χ4n) is 4.18. The first-order valence-corrected chi connectivity index (χ1v) is 16.0. The molecule has 0 aromatic heterocycles. The predicted octanol–water partition coefficient (Wildman–Crippen LogP) is 7.22. The monoisotopic (exact) mass is 657 g/mol. The minimum atomic E-state index is -4.28. The Morgan fingerprint density at radius 3 is 2.24 bits per heavy atom. The van der Waals surface area contributed by atoms with Crippen molar-refractivity contribution in [2.24, 2.45) is 0 Å². The zero-order valence-corrected chi connectivity index (χ0v) is 26.5. The fraction of sp³-hybridized carbons (Fsp3) is 0.310. The van der Waals surface area contributed by atoms with E-state index in [1.165, 1.54) is 29.2 Å². The van der Waals surface area contributed by atoms with Gasteiger partial charge >= 0.3 is 0 Å². The lowest BCUT2D eigenvalue weighted by Gasteiger charge is -2.33. The summed E-state index contributed by atoms with van der Waals surface area (Å²) in [4.78, 5) is 28.7. The third kappa shape index (κ3) is 8.30. The summed E-state index contributed by atoms with van der Waals surface area (Å²) in [6.07, 6.45) is 1.93. The molecule has 41 heavy (non-hydrogen) atoms. The smallest absolute Gasteiger partial charge is 0.264 e. The van der Waals surface area contributed by atoms with Gasteiger partial charge in [-0.15, -0.1) is 0 Å². The molecule has 0 aliphatic carbocycles. The average molecular weight is 659 g/mol. The van der Waals surface area contributed by atoms with Crippen molar-refractivity contribution >= 4 is 73.9 Å². The zero-order chi connectivity index (χ0) is 30.2. The van der Waals surface area contributed by atoms with Gasteiger partial charge in [-0.25, -0.2) is 8.42 Å². The first-order chi connectivity index (χ1) is 19.5.